The highest BCUT2D eigenvalue weighted by Crippen LogP contribution is 2.29. The lowest BCUT2D eigenvalue weighted by Gasteiger charge is -2.14. The van der Waals surface area contributed by atoms with Gasteiger partial charge in [-0.2, -0.15) is 0 Å². The molecule has 13 nitrogen and oxygen atoms in total. The molecule has 0 bridgehead atoms. The van der Waals surface area contributed by atoms with E-state index in [0.717, 1.165) is 4.90 Å². The molecule has 0 radical (unpaired) electrons. The van der Waals surface area contributed by atoms with Crippen LogP contribution in [0.15, 0.2) is 91.5 Å². The van der Waals surface area contributed by atoms with Gasteiger partial charge in [0.25, 0.3) is 35.4 Å². The Morgan fingerprint density at radius 1 is 0.537 bits per heavy atom. The largest absolute Gasteiger partial charge is 0.271 e. The molecule has 0 atom stereocenters. The molecule has 0 aliphatic carbocycles. The van der Waals surface area contributed by atoms with Gasteiger partial charge in [0.2, 0.25) is 0 Å². The Morgan fingerprint density at radius 2 is 1.00 bits per heavy atom. The number of carbonyl (C=O) groups excluding carboxylic acids is 6. The van der Waals surface area contributed by atoms with Crippen LogP contribution in [0.4, 0.5) is 5.69 Å². The van der Waals surface area contributed by atoms with E-state index >= 15 is 0 Å². The lowest BCUT2D eigenvalue weighted by molar-refractivity contribution is 0.0846. The van der Waals surface area contributed by atoms with Crippen molar-refractivity contribution in [1.29, 1.82) is 0 Å². The van der Waals surface area contributed by atoms with Gasteiger partial charge in [0.05, 0.1) is 27.9 Å². The van der Waals surface area contributed by atoms with Gasteiger partial charge in [0.1, 0.15) is 0 Å². The van der Waals surface area contributed by atoms with Gasteiger partial charge in [-0.3, -0.25) is 60.4 Å². The first kappa shape index (κ1) is 26.4. The number of hydrogen-bond donors (Lipinski definition) is 4. The van der Waals surface area contributed by atoms with Crippen molar-refractivity contribution in [2.75, 3.05) is 4.90 Å². The van der Waals surface area contributed by atoms with Crippen LogP contribution in [0.3, 0.4) is 0 Å². The van der Waals surface area contributed by atoms with Gasteiger partial charge in [0.15, 0.2) is 0 Å². The summed E-state index contributed by atoms with van der Waals surface area (Å²) in [6, 6.07) is 15.7. The normalized spacial score (nSPS) is 11.9. The fraction of sp³-hybridized carbons (Fsp3) is 0. The number of hydrazine groups is 2. The predicted octanol–water partition coefficient (Wildman–Crippen LogP) is 1.43. The summed E-state index contributed by atoms with van der Waals surface area (Å²) in [6.45, 7) is 0. The summed E-state index contributed by atoms with van der Waals surface area (Å²) >= 11 is 0. The van der Waals surface area contributed by atoms with Crippen LogP contribution in [0.25, 0.3) is 0 Å². The molecule has 0 unspecified atom stereocenters. The fourth-order valence-electron chi connectivity index (χ4n) is 3.89. The van der Waals surface area contributed by atoms with E-state index in [1.54, 1.807) is 12.1 Å². The molecule has 0 spiro atoms. The summed E-state index contributed by atoms with van der Waals surface area (Å²) in [5, 5.41) is 0. The molecule has 4 N–H and O–H groups in total. The lowest BCUT2D eigenvalue weighted by Crippen LogP contribution is -2.41. The number of hydrogen-bond acceptors (Lipinski definition) is 8. The maximum atomic E-state index is 13.1. The first-order chi connectivity index (χ1) is 19.8. The predicted molar refractivity (Wildman–Crippen MR) is 142 cm³/mol. The molecule has 0 saturated carbocycles. The van der Waals surface area contributed by atoms with E-state index in [2.05, 4.69) is 31.7 Å². The van der Waals surface area contributed by atoms with Crippen molar-refractivity contribution in [2.45, 2.75) is 0 Å². The SMILES string of the molecule is O=C(NNC(=O)c1cccnc1)c1ccc(N2C(=O)c3ccc(C(=O)NNC(=O)c4cccnc4)cc3C2=O)cc1. The summed E-state index contributed by atoms with van der Waals surface area (Å²) in [7, 11) is 0. The molecular formula is C28H19N7O6. The Labute approximate surface area is 231 Å². The number of aromatic nitrogens is 2. The molecule has 0 fully saturated rings. The van der Waals surface area contributed by atoms with Crippen LogP contribution < -0.4 is 26.6 Å². The minimum Gasteiger partial charge on any atom is -0.268 e. The van der Waals surface area contributed by atoms with Crippen LogP contribution in [-0.2, 0) is 0 Å². The van der Waals surface area contributed by atoms with Crippen LogP contribution in [0, 0.1) is 0 Å². The highest BCUT2D eigenvalue weighted by atomic mass is 16.2. The van der Waals surface area contributed by atoms with Crippen molar-refractivity contribution >= 4 is 41.1 Å². The van der Waals surface area contributed by atoms with E-state index in [0.29, 0.717) is 0 Å². The van der Waals surface area contributed by atoms with Crippen LogP contribution in [0.5, 0.6) is 0 Å². The molecule has 2 aromatic heterocycles. The third kappa shape index (κ3) is 5.49. The van der Waals surface area contributed by atoms with Crippen LogP contribution in [-0.4, -0.2) is 45.4 Å². The van der Waals surface area contributed by atoms with Gasteiger partial charge >= 0.3 is 0 Å². The van der Waals surface area contributed by atoms with Gasteiger partial charge in [-0.1, -0.05) is 0 Å². The van der Waals surface area contributed by atoms with Gasteiger partial charge in [0, 0.05) is 35.9 Å². The third-order valence-corrected chi connectivity index (χ3v) is 5.96. The second kappa shape index (κ2) is 11.2. The number of benzene rings is 2. The topological polar surface area (TPSA) is 180 Å². The molecule has 41 heavy (non-hydrogen) atoms. The number of nitrogens with one attached hydrogen (secondary N) is 4. The minimum absolute atomic E-state index is 0.00108. The summed E-state index contributed by atoms with van der Waals surface area (Å²) in [4.78, 5) is 84.0. The molecule has 202 valence electrons. The first-order valence-corrected chi connectivity index (χ1v) is 12.0. The zero-order chi connectivity index (χ0) is 28.9. The van der Waals surface area contributed by atoms with E-state index < -0.39 is 35.4 Å². The molecule has 2 aromatic carbocycles. The second-order valence-electron chi connectivity index (χ2n) is 8.55. The summed E-state index contributed by atoms with van der Waals surface area (Å²) in [5.41, 5.74) is 10.0. The summed E-state index contributed by atoms with van der Waals surface area (Å²) in [5.74, 6) is -3.74. The van der Waals surface area contributed by atoms with Gasteiger partial charge < -0.3 is 0 Å². The number of carbonyl (C=O) groups is 6. The number of rotatable bonds is 5. The van der Waals surface area contributed by atoms with Crippen molar-refractivity contribution in [3.8, 4) is 0 Å². The monoisotopic (exact) mass is 549 g/mol. The Balaban J connectivity index is 1.23. The Kier molecular flexibility index (Phi) is 7.23. The maximum absolute atomic E-state index is 13.1. The van der Waals surface area contributed by atoms with Gasteiger partial charge in [-0.05, 0) is 66.7 Å². The van der Waals surface area contributed by atoms with Crippen molar-refractivity contribution < 1.29 is 28.8 Å². The average Bonchev–Trinajstić information content (AvgIpc) is 3.27. The number of amides is 6. The third-order valence-electron chi connectivity index (χ3n) is 5.96. The number of anilines is 1. The van der Waals surface area contributed by atoms with Gasteiger partial charge in [-0.15, -0.1) is 0 Å². The summed E-state index contributed by atoms with van der Waals surface area (Å²) in [6.07, 6.45) is 5.68. The number of nitrogens with zero attached hydrogens (tertiary/aromatic N) is 3. The molecule has 13 heteroatoms. The molecule has 1 aliphatic rings. The summed E-state index contributed by atoms with van der Waals surface area (Å²) < 4.78 is 0. The van der Waals surface area contributed by atoms with Crippen LogP contribution >= 0.6 is 0 Å². The molecule has 0 saturated heterocycles. The van der Waals surface area contributed by atoms with E-state index in [4.69, 9.17) is 0 Å². The van der Waals surface area contributed by atoms with Crippen LogP contribution in [0.2, 0.25) is 0 Å². The van der Waals surface area contributed by atoms with Gasteiger partial charge in [-0.25, -0.2) is 4.90 Å². The Morgan fingerprint density at radius 3 is 1.51 bits per heavy atom. The molecule has 6 amide bonds. The van der Waals surface area contributed by atoms with E-state index in [1.165, 1.54) is 79.4 Å². The number of pyridine rings is 2. The van der Waals surface area contributed by atoms with Crippen LogP contribution in [0.1, 0.15) is 62.1 Å². The first-order valence-electron chi connectivity index (χ1n) is 12.0. The fourth-order valence-corrected chi connectivity index (χ4v) is 3.89. The minimum atomic E-state index is -0.699. The number of fused-ring (bicyclic) bond motifs is 1. The Hall–Kier alpha value is -6.24. The van der Waals surface area contributed by atoms with Crippen molar-refractivity contribution in [3.63, 3.8) is 0 Å². The Bertz CT molecular complexity index is 1690. The second-order valence-corrected chi connectivity index (χ2v) is 8.55. The zero-order valence-electron chi connectivity index (χ0n) is 21.0. The van der Waals surface area contributed by atoms with Crippen molar-refractivity contribution in [3.05, 3.63) is 125 Å². The smallest absolute Gasteiger partial charge is 0.268 e. The van der Waals surface area contributed by atoms with Crippen molar-refractivity contribution in [1.82, 2.24) is 31.7 Å². The quantitative estimate of drug-likeness (QED) is 0.213. The highest BCUT2D eigenvalue weighted by Gasteiger charge is 2.37. The van der Waals surface area contributed by atoms with E-state index in [-0.39, 0.29) is 39.1 Å². The zero-order valence-corrected chi connectivity index (χ0v) is 21.0. The average molecular weight is 550 g/mol. The van der Waals surface area contributed by atoms with Crippen molar-refractivity contribution in [2.24, 2.45) is 0 Å². The molecule has 4 aromatic rings. The lowest BCUT2D eigenvalue weighted by atomic mass is 10.1. The van der Waals surface area contributed by atoms with E-state index in [9.17, 15) is 28.8 Å². The highest BCUT2D eigenvalue weighted by molar-refractivity contribution is 6.34. The molecule has 3 heterocycles. The molecular weight excluding hydrogens is 530 g/mol. The number of imide groups is 1. The standard InChI is InChI=1S/C28H19N7O6/c36-23(31-33-25(38)18-3-1-11-29-14-18)16-5-8-20(9-6-16)35-27(40)21-10-7-17(13-22(21)28(35)41)24(37)32-34-26(39)19-4-2-12-30-15-19/h1-15H,(H,31,36)(H,32,37)(H,33,38)(H,34,39). The van der Waals surface area contributed by atoms with E-state index in [1.807, 2.05) is 0 Å². The molecule has 5 rings (SSSR count). The maximum Gasteiger partial charge on any atom is 0.271 e. The molecule has 1 aliphatic heterocycles.